The fourth-order valence-corrected chi connectivity index (χ4v) is 4.71. The summed E-state index contributed by atoms with van der Waals surface area (Å²) in [7, 11) is -0.110. The van der Waals surface area contributed by atoms with Crippen LogP contribution < -0.4 is 5.32 Å². The molecule has 0 unspecified atom stereocenters. The van der Waals surface area contributed by atoms with Crippen molar-refractivity contribution in [3.8, 4) is 0 Å². The summed E-state index contributed by atoms with van der Waals surface area (Å²) in [4.78, 5) is 1.02. The zero-order chi connectivity index (χ0) is 15.5. The van der Waals surface area contributed by atoms with Gasteiger partial charge >= 0.3 is 0 Å². The molecule has 1 aromatic rings. The van der Waals surface area contributed by atoms with Crippen LogP contribution in [0, 0.1) is 0 Å². The molecule has 2 rings (SSSR count). The molecule has 1 N–H and O–H groups in total. The number of thiophene rings is 1. The first-order valence-corrected chi connectivity index (χ1v) is 10.1. The van der Waals surface area contributed by atoms with E-state index in [-0.39, 0.29) is 0 Å². The van der Waals surface area contributed by atoms with Crippen molar-refractivity contribution in [1.82, 2.24) is 13.9 Å². The topological polar surface area (TPSA) is 52.7 Å². The van der Waals surface area contributed by atoms with E-state index in [2.05, 4.69) is 21.2 Å². The van der Waals surface area contributed by atoms with E-state index in [9.17, 15) is 8.42 Å². The average molecular weight is 396 g/mol. The molecule has 1 fully saturated rings. The predicted molar refractivity (Wildman–Crippen MR) is 90.7 cm³/mol. The van der Waals surface area contributed by atoms with Crippen molar-refractivity contribution in [1.29, 1.82) is 0 Å². The molecule has 0 aliphatic heterocycles. The Bertz CT molecular complexity index is 558. The van der Waals surface area contributed by atoms with Crippen LogP contribution in [0.1, 0.15) is 24.1 Å². The Morgan fingerprint density at radius 3 is 2.67 bits per heavy atom. The van der Waals surface area contributed by atoms with Crippen LogP contribution in [0.15, 0.2) is 15.9 Å². The first-order valence-electron chi connectivity index (χ1n) is 7.03. The van der Waals surface area contributed by atoms with Crippen molar-refractivity contribution in [3.05, 3.63) is 20.8 Å². The lowest BCUT2D eigenvalue weighted by Crippen LogP contribution is -2.40. The van der Waals surface area contributed by atoms with E-state index in [1.54, 1.807) is 25.4 Å². The third-order valence-electron chi connectivity index (χ3n) is 3.45. The quantitative estimate of drug-likeness (QED) is 0.652. The highest BCUT2D eigenvalue weighted by Gasteiger charge is 2.24. The van der Waals surface area contributed by atoms with Crippen LogP contribution in [-0.2, 0) is 16.8 Å². The molecule has 0 bridgehead atoms. The largest absolute Gasteiger partial charge is 0.314 e. The van der Waals surface area contributed by atoms with Crippen LogP contribution in [-0.4, -0.2) is 50.3 Å². The van der Waals surface area contributed by atoms with E-state index in [1.807, 2.05) is 11.4 Å². The highest BCUT2D eigenvalue weighted by molar-refractivity contribution is 9.10. The lowest BCUT2D eigenvalue weighted by atomic mass is 10.4. The van der Waals surface area contributed by atoms with Crippen molar-refractivity contribution in [2.24, 2.45) is 0 Å². The van der Waals surface area contributed by atoms with Crippen molar-refractivity contribution in [2.75, 3.05) is 27.2 Å². The molecule has 0 radical (unpaired) electrons. The molecule has 0 saturated heterocycles. The zero-order valence-corrected chi connectivity index (χ0v) is 15.6. The number of nitrogens with one attached hydrogen (secondary N) is 1. The summed E-state index contributed by atoms with van der Waals surface area (Å²) in [5, 5.41) is 5.36. The minimum Gasteiger partial charge on any atom is -0.314 e. The lowest BCUT2D eigenvalue weighted by molar-refractivity contribution is 0.385. The summed E-state index contributed by atoms with van der Waals surface area (Å²) in [6.07, 6.45) is 3.35. The molecule has 0 amide bonds. The molecule has 5 nitrogen and oxygen atoms in total. The van der Waals surface area contributed by atoms with E-state index in [0.29, 0.717) is 19.1 Å². The SMILES string of the molecule is CN(CCCNC1CC1)S(=O)(=O)N(C)Cc1cc(Br)cs1. The third kappa shape index (κ3) is 5.30. The van der Waals surface area contributed by atoms with Gasteiger partial charge in [0.1, 0.15) is 0 Å². The van der Waals surface area contributed by atoms with Gasteiger partial charge in [-0.25, -0.2) is 0 Å². The number of halogens is 1. The molecule has 8 heteroatoms. The Balaban J connectivity index is 1.79. The Kier molecular flexibility index (Phi) is 6.22. The van der Waals surface area contributed by atoms with Crippen molar-refractivity contribution >= 4 is 37.5 Å². The molecule has 120 valence electrons. The summed E-state index contributed by atoms with van der Waals surface area (Å²) in [5.41, 5.74) is 0. The third-order valence-corrected chi connectivity index (χ3v) is 7.02. The molecule has 1 aliphatic carbocycles. The van der Waals surface area contributed by atoms with Gasteiger partial charge in [-0.15, -0.1) is 11.3 Å². The highest BCUT2D eigenvalue weighted by Crippen LogP contribution is 2.22. The minimum atomic E-state index is -3.38. The molecule has 1 aliphatic rings. The Hall–Kier alpha value is 0.01000. The highest BCUT2D eigenvalue weighted by atomic mass is 79.9. The maximum Gasteiger partial charge on any atom is 0.281 e. The minimum absolute atomic E-state index is 0.406. The van der Waals surface area contributed by atoms with Gasteiger partial charge in [0.25, 0.3) is 10.2 Å². The summed E-state index contributed by atoms with van der Waals surface area (Å²) >= 11 is 4.94. The number of hydrogen-bond acceptors (Lipinski definition) is 4. The summed E-state index contributed by atoms with van der Waals surface area (Å²) in [6.45, 7) is 1.83. The molecule has 0 aromatic carbocycles. The van der Waals surface area contributed by atoms with Crippen molar-refractivity contribution < 1.29 is 8.42 Å². The Morgan fingerprint density at radius 2 is 2.10 bits per heavy atom. The molecule has 0 atom stereocenters. The molecule has 1 saturated carbocycles. The van der Waals surface area contributed by atoms with E-state index in [0.717, 1.165) is 22.3 Å². The van der Waals surface area contributed by atoms with Crippen LogP contribution in [0.2, 0.25) is 0 Å². The Labute approximate surface area is 139 Å². The lowest BCUT2D eigenvalue weighted by Gasteiger charge is -2.24. The first-order chi connectivity index (χ1) is 9.89. The molecule has 0 spiro atoms. The normalized spacial score (nSPS) is 16.0. The smallest absolute Gasteiger partial charge is 0.281 e. The summed E-state index contributed by atoms with van der Waals surface area (Å²) in [5.74, 6) is 0. The molecule has 21 heavy (non-hydrogen) atoms. The second kappa shape index (κ2) is 7.52. The van der Waals surface area contributed by atoms with Crippen LogP contribution >= 0.6 is 27.3 Å². The van der Waals surface area contributed by atoms with Gasteiger partial charge in [0.05, 0.1) is 0 Å². The standard InChI is InChI=1S/C13H22BrN3O2S2/c1-16(7-3-6-15-12-4-5-12)21(18,19)17(2)9-13-8-11(14)10-20-13/h8,10,12,15H,3-7,9H2,1-2H3. The van der Waals surface area contributed by atoms with Gasteiger partial charge in [-0.05, 0) is 47.8 Å². The fourth-order valence-electron chi connectivity index (χ4n) is 1.99. The van der Waals surface area contributed by atoms with E-state index < -0.39 is 10.2 Å². The molecule has 1 aromatic heterocycles. The summed E-state index contributed by atoms with van der Waals surface area (Å²) in [6, 6.07) is 2.63. The number of nitrogens with zero attached hydrogens (tertiary/aromatic N) is 2. The second-order valence-electron chi connectivity index (χ2n) is 5.40. The second-order valence-corrected chi connectivity index (χ2v) is 9.45. The van der Waals surface area contributed by atoms with Crippen LogP contribution in [0.3, 0.4) is 0 Å². The van der Waals surface area contributed by atoms with Crippen LogP contribution in [0.5, 0.6) is 0 Å². The van der Waals surface area contributed by atoms with Gasteiger partial charge in [0.2, 0.25) is 0 Å². The van der Waals surface area contributed by atoms with Crippen LogP contribution in [0.4, 0.5) is 0 Å². The molecular weight excluding hydrogens is 374 g/mol. The van der Waals surface area contributed by atoms with Crippen molar-refractivity contribution in [2.45, 2.75) is 31.8 Å². The van der Waals surface area contributed by atoms with Crippen molar-refractivity contribution in [3.63, 3.8) is 0 Å². The van der Waals surface area contributed by atoms with Crippen LogP contribution in [0.25, 0.3) is 0 Å². The van der Waals surface area contributed by atoms with Gasteiger partial charge in [-0.2, -0.15) is 17.0 Å². The maximum absolute atomic E-state index is 12.4. The summed E-state index contributed by atoms with van der Waals surface area (Å²) < 4.78 is 28.6. The fraction of sp³-hybridized carbons (Fsp3) is 0.692. The number of hydrogen-bond donors (Lipinski definition) is 1. The van der Waals surface area contributed by atoms with Gasteiger partial charge in [0, 0.05) is 48.0 Å². The molecule has 1 heterocycles. The van der Waals surface area contributed by atoms with E-state index in [1.165, 1.54) is 21.5 Å². The monoisotopic (exact) mass is 395 g/mol. The Morgan fingerprint density at radius 1 is 1.38 bits per heavy atom. The van der Waals surface area contributed by atoms with Gasteiger partial charge < -0.3 is 5.32 Å². The maximum atomic E-state index is 12.4. The van der Waals surface area contributed by atoms with Gasteiger partial charge in [-0.1, -0.05) is 0 Å². The average Bonchev–Trinajstić information content (AvgIpc) is 3.16. The number of rotatable bonds is 9. The molecular formula is C13H22BrN3O2S2. The van der Waals surface area contributed by atoms with E-state index in [4.69, 9.17) is 0 Å². The van der Waals surface area contributed by atoms with Gasteiger partial charge in [0.15, 0.2) is 0 Å². The first kappa shape index (κ1) is 17.4. The predicted octanol–water partition coefficient (Wildman–Crippen LogP) is 2.26. The van der Waals surface area contributed by atoms with Gasteiger partial charge in [-0.3, -0.25) is 0 Å². The van der Waals surface area contributed by atoms with E-state index >= 15 is 0 Å². The zero-order valence-electron chi connectivity index (χ0n) is 12.4.